The first-order valence-electron chi connectivity index (χ1n) is 3.64. The third-order valence-electron chi connectivity index (χ3n) is 1.88. The summed E-state index contributed by atoms with van der Waals surface area (Å²) in [6.45, 7) is 7.31. The highest BCUT2D eigenvalue weighted by Gasteiger charge is 2.05. The molecule has 62 valence electrons. The van der Waals surface area contributed by atoms with Crippen molar-refractivity contribution in [2.45, 2.75) is 0 Å². The SMILES string of the molecule is C=Cc1cc(C=O)n(C)c1C=C. The Hall–Kier alpha value is -1.57. The fraction of sp³-hybridized carbons (Fsp3) is 0.100. The first kappa shape index (κ1) is 8.53. The highest BCUT2D eigenvalue weighted by Crippen LogP contribution is 2.15. The second-order valence-electron chi connectivity index (χ2n) is 2.49. The Bertz CT molecular complexity index is 334. The number of carbonyl (C=O) groups excluding carboxylic acids is 1. The number of aldehydes is 1. The van der Waals surface area contributed by atoms with Gasteiger partial charge in [-0.3, -0.25) is 4.79 Å². The number of rotatable bonds is 3. The minimum atomic E-state index is 0.639. The fourth-order valence-electron chi connectivity index (χ4n) is 1.19. The van der Waals surface area contributed by atoms with E-state index in [-0.39, 0.29) is 0 Å². The molecule has 0 atom stereocenters. The average molecular weight is 161 g/mol. The molecule has 1 rings (SSSR count). The summed E-state index contributed by atoms with van der Waals surface area (Å²) in [5, 5.41) is 0. The minimum Gasteiger partial charge on any atom is -0.341 e. The molecule has 0 aliphatic carbocycles. The molecule has 2 nitrogen and oxygen atoms in total. The Balaban J connectivity index is 3.41. The van der Waals surface area contributed by atoms with Crippen molar-refractivity contribution in [3.8, 4) is 0 Å². The van der Waals surface area contributed by atoms with Crippen LogP contribution in [0.15, 0.2) is 19.2 Å². The van der Waals surface area contributed by atoms with Gasteiger partial charge >= 0.3 is 0 Å². The number of nitrogens with zero attached hydrogens (tertiary/aromatic N) is 1. The van der Waals surface area contributed by atoms with Crippen LogP contribution in [0.1, 0.15) is 21.7 Å². The van der Waals surface area contributed by atoms with Gasteiger partial charge in [0.2, 0.25) is 0 Å². The normalized spacial score (nSPS) is 9.42. The monoisotopic (exact) mass is 161 g/mol. The van der Waals surface area contributed by atoms with Gasteiger partial charge in [-0.15, -0.1) is 0 Å². The second-order valence-corrected chi connectivity index (χ2v) is 2.49. The summed E-state index contributed by atoms with van der Waals surface area (Å²) in [6, 6.07) is 1.79. The zero-order valence-electron chi connectivity index (χ0n) is 7.08. The summed E-state index contributed by atoms with van der Waals surface area (Å²) < 4.78 is 1.79. The van der Waals surface area contributed by atoms with E-state index in [1.165, 1.54) is 0 Å². The molecule has 2 heteroatoms. The van der Waals surface area contributed by atoms with E-state index >= 15 is 0 Å². The van der Waals surface area contributed by atoms with E-state index < -0.39 is 0 Å². The zero-order chi connectivity index (χ0) is 9.14. The molecule has 0 aromatic carbocycles. The van der Waals surface area contributed by atoms with Gasteiger partial charge in [0.25, 0.3) is 0 Å². The van der Waals surface area contributed by atoms with Gasteiger partial charge in [-0.05, 0) is 17.7 Å². The third kappa shape index (κ3) is 1.11. The van der Waals surface area contributed by atoms with Crippen LogP contribution in [0.3, 0.4) is 0 Å². The van der Waals surface area contributed by atoms with Crippen molar-refractivity contribution in [1.82, 2.24) is 4.57 Å². The highest BCUT2D eigenvalue weighted by atomic mass is 16.1. The summed E-state index contributed by atoms with van der Waals surface area (Å²) in [4.78, 5) is 10.5. The minimum absolute atomic E-state index is 0.639. The summed E-state index contributed by atoms with van der Waals surface area (Å²) in [5.74, 6) is 0. The van der Waals surface area contributed by atoms with Crippen molar-refractivity contribution >= 4 is 18.4 Å². The third-order valence-corrected chi connectivity index (χ3v) is 1.88. The molecule has 0 spiro atoms. The van der Waals surface area contributed by atoms with Gasteiger partial charge in [0.05, 0.1) is 5.69 Å². The van der Waals surface area contributed by atoms with E-state index in [2.05, 4.69) is 13.2 Å². The van der Waals surface area contributed by atoms with Crippen LogP contribution in [0.2, 0.25) is 0 Å². The summed E-state index contributed by atoms with van der Waals surface area (Å²) in [7, 11) is 1.83. The second kappa shape index (κ2) is 3.22. The first-order chi connectivity index (χ1) is 5.74. The molecular weight excluding hydrogens is 150 g/mol. The lowest BCUT2D eigenvalue weighted by Crippen LogP contribution is -1.95. The Kier molecular flexibility index (Phi) is 2.29. The van der Waals surface area contributed by atoms with Crippen LogP contribution in [0.5, 0.6) is 0 Å². The van der Waals surface area contributed by atoms with E-state index in [9.17, 15) is 4.79 Å². The van der Waals surface area contributed by atoms with Crippen LogP contribution in [0.4, 0.5) is 0 Å². The number of hydrogen-bond acceptors (Lipinski definition) is 1. The molecule has 0 aliphatic rings. The van der Waals surface area contributed by atoms with E-state index in [4.69, 9.17) is 0 Å². The van der Waals surface area contributed by atoms with E-state index in [1.807, 2.05) is 7.05 Å². The Morgan fingerprint density at radius 2 is 2.08 bits per heavy atom. The molecule has 1 heterocycles. The van der Waals surface area contributed by atoms with Gasteiger partial charge < -0.3 is 4.57 Å². The van der Waals surface area contributed by atoms with Crippen LogP contribution in [-0.2, 0) is 7.05 Å². The molecule has 0 bridgehead atoms. The Morgan fingerprint density at radius 1 is 1.42 bits per heavy atom. The van der Waals surface area contributed by atoms with Crippen molar-refractivity contribution in [1.29, 1.82) is 0 Å². The van der Waals surface area contributed by atoms with Gasteiger partial charge in [-0.1, -0.05) is 19.2 Å². The van der Waals surface area contributed by atoms with E-state index in [0.29, 0.717) is 5.69 Å². The van der Waals surface area contributed by atoms with Crippen LogP contribution in [0, 0.1) is 0 Å². The molecule has 0 amide bonds. The summed E-state index contributed by atoms with van der Waals surface area (Å²) in [5.41, 5.74) is 2.50. The standard InChI is InChI=1S/C10H11NO/c1-4-8-6-9(7-12)11(3)10(8)5-2/h4-7H,1-2H2,3H3. The zero-order valence-corrected chi connectivity index (χ0v) is 7.08. The maximum Gasteiger partial charge on any atom is 0.166 e. The number of hydrogen-bond donors (Lipinski definition) is 0. The highest BCUT2D eigenvalue weighted by molar-refractivity contribution is 5.77. The fourth-order valence-corrected chi connectivity index (χ4v) is 1.19. The van der Waals surface area contributed by atoms with Crippen LogP contribution in [-0.4, -0.2) is 10.9 Å². The molecule has 0 radical (unpaired) electrons. The maximum absolute atomic E-state index is 10.5. The van der Waals surface area contributed by atoms with Gasteiger partial charge in [-0.2, -0.15) is 0 Å². The lowest BCUT2D eigenvalue weighted by atomic mass is 10.2. The van der Waals surface area contributed by atoms with Gasteiger partial charge in [0, 0.05) is 12.7 Å². The van der Waals surface area contributed by atoms with Gasteiger partial charge in [-0.25, -0.2) is 0 Å². The molecule has 0 aliphatic heterocycles. The Morgan fingerprint density at radius 3 is 2.42 bits per heavy atom. The van der Waals surface area contributed by atoms with Crippen molar-refractivity contribution in [3.05, 3.63) is 36.2 Å². The van der Waals surface area contributed by atoms with Crippen LogP contribution < -0.4 is 0 Å². The summed E-state index contributed by atoms with van der Waals surface area (Å²) >= 11 is 0. The molecule has 0 unspecified atom stereocenters. The molecule has 0 N–H and O–H groups in total. The Labute approximate surface area is 71.8 Å². The largest absolute Gasteiger partial charge is 0.341 e. The van der Waals surface area contributed by atoms with Gasteiger partial charge in [0.1, 0.15) is 0 Å². The molecule has 0 fully saturated rings. The quantitative estimate of drug-likeness (QED) is 0.622. The molecule has 1 aromatic rings. The van der Waals surface area contributed by atoms with Crippen molar-refractivity contribution in [3.63, 3.8) is 0 Å². The van der Waals surface area contributed by atoms with Crippen LogP contribution in [0.25, 0.3) is 12.2 Å². The molecular formula is C10H11NO. The molecule has 12 heavy (non-hydrogen) atoms. The molecule has 0 saturated carbocycles. The van der Waals surface area contributed by atoms with Crippen molar-refractivity contribution in [2.24, 2.45) is 7.05 Å². The predicted molar refractivity (Wildman–Crippen MR) is 51.0 cm³/mol. The van der Waals surface area contributed by atoms with E-state index in [0.717, 1.165) is 17.5 Å². The van der Waals surface area contributed by atoms with E-state index in [1.54, 1.807) is 22.8 Å². The maximum atomic E-state index is 10.5. The lowest BCUT2D eigenvalue weighted by molar-refractivity contribution is 0.111. The summed E-state index contributed by atoms with van der Waals surface area (Å²) in [6.07, 6.45) is 4.24. The lowest BCUT2D eigenvalue weighted by Gasteiger charge is -1.98. The number of aromatic nitrogens is 1. The first-order valence-corrected chi connectivity index (χ1v) is 3.64. The molecule has 1 aromatic heterocycles. The predicted octanol–water partition coefficient (Wildman–Crippen LogP) is 2.12. The van der Waals surface area contributed by atoms with Crippen molar-refractivity contribution < 1.29 is 4.79 Å². The molecule has 0 saturated heterocycles. The number of carbonyl (C=O) groups is 1. The smallest absolute Gasteiger partial charge is 0.166 e. The van der Waals surface area contributed by atoms with Gasteiger partial charge in [0.15, 0.2) is 6.29 Å². The average Bonchev–Trinajstić information content (AvgIpc) is 2.41. The van der Waals surface area contributed by atoms with Crippen molar-refractivity contribution in [2.75, 3.05) is 0 Å². The topological polar surface area (TPSA) is 22.0 Å². The van der Waals surface area contributed by atoms with Crippen LogP contribution >= 0.6 is 0 Å².